The van der Waals surface area contributed by atoms with Crippen LogP contribution in [-0.4, -0.2) is 36.5 Å². The third-order valence-electron chi connectivity index (χ3n) is 5.18. The fraction of sp³-hybridized carbons (Fsp3) is 0.458. The Morgan fingerprint density at radius 3 is 2.00 bits per heavy atom. The van der Waals surface area contributed by atoms with Gasteiger partial charge in [-0.05, 0) is 43.0 Å². The summed E-state index contributed by atoms with van der Waals surface area (Å²) in [5.41, 5.74) is 2.43. The molecule has 2 aliphatic heterocycles. The lowest BCUT2D eigenvalue weighted by Crippen LogP contribution is -2.40. The van der Waals surface area contributed by atoms with Crippen LogP contribution in [0.3, 0.4) is 0 Å². The van der Waals surface area contributed by atoms with Gasteiger partial charge in [0.05, 0.1) is 6.04 Å². The van der Waals surface area contributed by atoms with Gasteiger partial charge in [-0.25, -0.2) is 0 Å². The number of carbonyl (C=O) groups excluding carboxylic acids is 1. The van der Waals surface area contributed by atoms with Crippen molar-refractivity contribution in [1.82, 2.24) is 4.90 Å². The van der Waals surface area contributed by atoms with Crippen LogP contribution in [0.1, 0.15) is 52.0 Å². The lowest BCUT2D eigenvalue weighted by Gasteiger charge is -2.23. The molecule has 0 bridgehead atoms. The molecule has 2 aromatic rings. The molecule has 0 aliphatic carbocycles. The van der Waals surface area contributed by atoms with E-state index in [1.54, 1.807) is 0 Å². The van der Waals surface area contributed by atoms with E-state index in [0.717, 1.165) is 38.2 Å². The Bertz CT molecular complexity index is 671. The second kappa shape index (κ2) is 10.9. The molecule has 3 heteroatoms. The minimum Gasteiger partial charge on any atom is -0.311 e. The first-order valence-corrected chi connectivity index (χ1v) is 10.5. The summed E-state index contributed by atoms with van der Waals surface area (Å²) in [6.45, 7) is 10.9. The molecule has 1 amide bonds. The first-order chi connectivity index (χ1) is 13.3. The number of benzene rings is 2. The van der Waals surface area contributed by atoms with Crippen molar-refractivity contribution in [3.8, 4) is 0 Å². The Balaban J connectivity index is 0.000000614. The van der Waals surface area contributed by atoms with Gasteiger partial charge in [-0.2, -0.15) is 0 Å². The maximum absolute atomic E-state index is 12.8. The largest absolute Gasteiger partial charge is 0.311 e. The highest BCUT2D eigenvalue weighted by Crippen LogP contribution is 2.32. The van der Waals surface area contributed by atoms with Crippen LogP contribution in [-0.2, 0) is 4.79 Å². The van der Waals surface area contributed by atoms with E-state index >= 15 is 0 Å². The van der Waals surface area contributed by atoms with E-state index in [9.17, 15) is 4.79 Å². The highest BCUT2D eigenvalue weighted by atomic mass is 16.2. The predicted octanol–water partition coefficient (Wildman–Crippen LogP) is 5.33. The molecule has 2 aromatic carbocycles. The molecule has 2 aliphatic rings. The molecular formula is C24H34N2O. The highest BCUT2D eigenvalue weighted by molar-refractivity contribution is 5.99. The van der Waals surface area contributed by atoms with Crippen LogP contribution >= 0.6 is 0 Å². The Hall–Kier alpha value is -2.13. The van der Waals surface area contributed by atoms with Crippen LogP contribution < -0.4 is 4.90 Å². The maximum atomic E-state index is 12.8. The monoisotopic (exact) mass is 366 g/mol. The Kier molecular flexibility index (Phi) is 8.53. The number of anilines is 1. The van der Waals surface area contributed by atoms with Crippen molar-refractivity contribution in [3.63, 3.8) is 0 Å². The van der Waals surface area contributed by atoms with E-state index in [2.05, 4.69) is 35.2 Å². The van der Waals surface area contributed by atoms with Gasteiger partial charge in [-0.15, -0.1) is 0 Å². The van der Waals surface area contributed by atoms with Gasteiger partial charge in [0.25, 0.3) is 0 Å². The third-order valence-corrected chi connectivity index (χ3v) is 5.18. The molecule has 2 fully saturated rings. The van der Waals surface area contributed by atoms with Gasteiger partial charge in [0.15, 0.2) is 0 Å². The number of hydrogen-bond acceptors (Lipinski definition) is 2. The van der Waals surface area contributed by atoms with Crippen LogP contribution in [0.4, 0.5) is 5.69 Å². The van der Waals surface area contributed by atoms with Crippen molar-refractivity contribution >= 4 is 11.6 Å². The van der Waals surface area contributed by atoms with E-state index in [4.69, 9.17) is 0 Å². The molecule has 0 N–H and O–H groups in total. The summed E-state index contributed by atoms with van der Waals surface area (Å²) < 4.78 is 0. The van der Waals surface area contributed by atoms with Gasteiger partial charge < -0.3 is 4.90 Å². The fourth-order valence-corrected chi connectivity index (χ4v) is 3.94. The number of hydrogen-bond donors (Lipinski definition) is 0. The molecule has 0 aromatic heterocycles. The molecule has 0 spiro atoms. The van der Waals surface area contributed by atoms with Crippen LogP contribution in [0, 0.1) is 0 Å². The summed E-state index contributed by atoms with van der Waals surface area (Å²) in [7, 11) is 0. The average molecular weight is 367 g/mol. The molecule has 2 unspecified atom stereocenters. The van der Waals surface area contributed by atoms with Gasteiger partial charge in [0.2, 0.25) is 5.91 Å². The first kappa shape index (κ1) is 21.2. The van der Waals surface area contributed by atoms with E-state index in [1.165, 1.54) is 5.56 Å². The number of rotatable bonds is 3. The van der Waals surface area contributed by atoms with Crippen molar-refractivity contribution in [1.29, 1.82) is 0 Å². The van der Waals surface area contributed by atoms with Gasteiger partial charge in [0, 0.05) is 18.8 Å². The summed E-state index contributed by atoms with van der Waals surface area (Å²) in [5, 5.41) is 0. The first-order valence-electron chi connectivity index (χ1n) is 10.5. The molecule has 3 nitrogen and oxygen atoms in total. The zero-order chi connectivity index (χ0) is 19.6. The number of carbonyl (C=O) groups is 1. The van der Waals surface area contributed by atoms with E-state index < -0.39 is 0 Å². The number of nitrogens with zero attached hydrogens (tertiary/aromatic N) is 2. The molecule has 2 atom stereocenters. The van der Waals surface area contributed by atoms with Gasteiger partial charge in [-0.3, -0.25) is 9.69 Å². The zero-order valence-electron chi connectivity index (χ0n) is 17.3. The Labute approximate surface area is 165 Å². The predicted molar refractivity (Wildman–Crippen MR) is 115 cm³/mol. The molecule has 146 valence electrons. The summed E-state index contributed by atoms with van der Waals surface area (Å²) >= 11 is 0. The lowest BCUT2D eigenvalue weighted by molar-refractivity contribution is -0.121. The molecule has 0 radical (unpaired) electrons. The number of amides is 1. The van der Waals surface area contributed by atoms with Crippen molar-refractivity contribution in [3.05, 3.63) is 66.2 Å². The van der Waals surface area contributed by atoms with Crippen molar-refractivity contribution in [2.45, 2.75) is 52.5 Å². The standard InChI is InChI=1S/C20H22N2O.2C2H6/c23-20-19(12-14-22(20)18-9-5-2-6-10-18)21-13-11-17(15-21)16-7-3-1-4-8-16;2*1-2/h1-10,17,19H,11-15H2;2*1-2H3. The summed E-state index contributed by atoms with van der Waals surface area (Å²) in [6, 6.07) is 20.8. The SMILES string of the molecule is CC.CC.O=C1C(N2CCC(c3ccccc3)C2)CCN1c1ccccc1. The normalized spacial score (nSPS) is 21.9. The van der Waals surface area contributed by atoms with E-state index in [1.807, 2.05) is 62.9 Å². The molecule has 4 rings (SSSR count). The molecule has 2 heterocycles. The minimum absolute atomic E-state index is 0.0592. The molecule has 27 heavy (non-hydrogen) atoms. The Morgan fingerprint density at radius 1 is 0.778 bits per heavy atom. The van der Waals surface area contributed by atoms with Crippen LogP contribution in [0.2, 0.25) is 0 Å². The molecular weight excluding hydrogens is 332 g/mol. The average Bonchev–Trinajstić information content (AvgIpc) is 3.39. The lowest BCUT2D eigenvalue weighted by atomic mass is 9.99. The van der Waals surface area contributed by atoms with Crippen molar-refractivity contribution < 1.29 is 4.79 Å². The summed E-state index contributed by atoms with van der Waals surface area (Å²) in [6.07, 6.45) is 2.09. The minimum atomic E-state index is 0.0592. The quantitative estimate of drug-likeness (QED) is 0.732. The zero-order valence-corrected chi connectivity index (χ0v) is 17.3. The highest BCUT2D eigenvalue weighted by Gasteiger charge is 2.39. The second-order valence-electron chi connectivity index (χ2n) is 6.52. The van der Waals surface area contributed by atoms with E-state index in [-0.39, 0.29) is 11.9 Å². The Morgan fingerprint density at radius 2 is 1.37 bits per heavy atom. The third kappa shape index (κ3) is 4.98. The second-order valence-corrected chi connectivity index (χ2v) is 6.52. The summed E-state index contributed by atoms with van der Waals surface area (Å²) in [5.74, 6) is 0.833. The van der Waals surface area contributed by atoms with Crippen LogP contribution in [0.15, 0.2) is 60.7 Å². The topological polar surface area (TPSA) is 23.6 Å². The van der Waals surface area contributed by atoms with Gasteiger partial charge in [-0.1, -0.05) is 76.2 Å². The number of para-hydroxylation sites is 1. The van der Waals surface area contributed by atoms with E-state index in [0.29, 0.717) is 5.92 Å². The van der Waals surface area contributed by atoms with Gasteiger partial charge in [0.1, 0.15) is 0 Å². The summed E-state index contributed by atoms with van der Waals surface area (Å²) in [4.78, 5) is 17.2. The molecule has 2 saturated heterocycles. The fourth-order valence-electron chi connectivity index (χ4n) is 3.94. The molecule has 0 saturated carbocycles. The van der Waals surface area contributed by atoms with Crippen molar-refractivity contribution in [2.75, 3.05) is 24.5 Å². The van der Waals surface area contributed by atoms with Gasteiger partial charge >= 0.3 is 0 Å². The van der Waals surface area contributed by atoms with Crippen LogP contribution in [0.5, 0.6) is 0 Å². The number of likely N-dealkylation sites (tertiary alicyclic amines) is 1. The smallest absolute Gasteiger partial charge is 0.244 e. The van der Waals surface area contributed by atoms with Crippen molar-refractivity contribution in [2.24, 2.45) is 0 Å². The van der Waals surface area contributed by atoms with Crippen LogP contribution in [0.25, 0.3) is 0 Å². The maximum Gasteiger partial charge on any atom is 0.244 e.